The number of sulfonamides is 1. The number of thiazole rings is 1. The van der Waals surface area contributed by atoms with Gasteiger partial charge < -0.3 is 9.67 Å². The van der Waals surface area contributed by atoms with Gasteiger partial charge in [0.05, 0.1) is 25.6 Å². The molecule has 3 rings (SSSR count). The van der Waals surface area contributed by atoms with Crippen molar-refractivity contribution in [3.63, 3.8) is 0 Å². The van der Waals surface area contributed by atoms with E-state index in [1.54, 1.807) is 0 Å². The lowest BCUT2D eigenvalue weighted by molar-refractivity contribution is 0.0696. The molecule has 14 heteroatoms. The van der Waals surface area contributed by atoms with Crippen LogP contribution in [0.4, 0.5) is 8.78 Å². The Morgan fingerprint density at radius 3 is 1.98 bits per heavy atom. The molecule has 1 heterocycles. The van der Waals surface area contributed by atoms with Gasteiger partial charge in [-0.05, 0) is 48.7 Å². The number of hydrogen-bond acceptors (Lipinski definition) is 7. The third-order valence-corrected chi connectivity index (χ3v) is 11.8. The zero-order chi connectivity index (χ0) is 33.7. The molecule has 0 aliphatic heterocycles. The van der Waals surface area contributed by atoms with E-state index in [2.05, 4.69) is 16.9 Å². The zero-order valence-corrected chi connectivity index (χ0v) is 29.0. The first-order chi connectivity index (χ1) is 21.9. The van der Waals surface area contributed by atoms with Crippen LogP contribution in [0.3, 0.4) is 0 Å². The molecule has 0 saturated carbocycles. The van der Waals surface area contributed by atoms with E-state index in [1.165, 1.54) is 94.0 Å². The number of aromatic nitrogens is 1. The van der Waals surface area contributed by atoms with E-state index in [9.17, 15) is 35.5 Å². The summed E-state index contributed by atoms with van der Waals surface area (Å²) >= 11 is 1.02. The number of aromatic carboxylic acids is 1. The van der Waals surface area contributed by atoms with Gasteiger partial charge in [0.1, 0.15) is 0 Å². The molecule has 1 aromatic heterocycles. The molecule has 0 radical (unpaired) electrons. The number of unbranched alkanes of at least 4 members (excludes halogenated alkanes) is 13. The van der Waals surface area contributed by atoms with Crippen molar-refractivity contribution >= 4 is 47.4 Å². The molecule has 256 valence electrons. The second-order valence-corrected chi connectivity index (χ2v) is 16.1. The van der Waals surface area contributed by atoms with Gasteiger partial charge >= 0.3 is 11.7 Å². The smallest absolute Gasteiger partial charge is 0.341 e. The molecule has 0 spiro atoms. The monoisotopic (exact) mass is 701 g/mol. The molecule has 2 N–H and O–H groups in total. The minimum absolute atomic E-state index is 0.132. The Morgan fingerprint density at radius 2 is 1.43 bits per heavy atom. The van der Waals surface area contributed by atoms with Gasteiger partial charge in [0.15, 0.2) is 0 Å². The van der Waals surface area contributed by atoms with Gasteiger partial charge in [-0.1, -0.05) is 108 Å². The number of nitrogens with zero attached hydrogens (tertiary/aromatic N) is 2. The predicted octanol–water partition coefficient (Wildman–Crippen LogP) is 7.75. The fraction of sp³-hybridized carbons (Fsp3) is 0.562. The zero-order valence-electron chi connectivity index (χ0n) is 26.5. The van der Waals surface area contributed by atoms with Crippen LogP contribution in [0, 0.1) is 0 Å². The van der Waals surface area contributed by atoms with Gasteiger partial charge in [-0.2, -0.15) is 22.0 Å². The summed E-state index contributed by atoms with van der Waals surface area (Å²) in [5.41, 5.74) is 0.579. The molecule has 0 amide bonds. The van der Waals surface area contributed by atoms with Crippen LogP contribution in [-0.2, 0) is 33.3 Å². The lowest BCUT2D eigenvalue weighted by Crippen LogP contribution is -2.25. The Bertz CT molecular complexity index is 1740. The third-order valence-electron chi connectivity index (χ3n) is 8.01. The van der Waals surface area contributed by atoms with Crippen molar-refractivity contribution < 1.29 is 35.5 Å². The van der Waals surface area contributed by atoms with Crippen molar-refractivity contribution in [3.8, 4) is 0 Å². The fourth-order valence-corrected chi connectivity index (χ4v) is 8.15. The topological polar surface area (TPSA) is 135 Å². The molecule has 0 unspecified atom stereocenters. The van der Waals surface area contributed by atoms with Crippen LogP contribution in [0.2, 0.25) is 0 Å². The Labute approximate surface area is 274 Å². The van der Waals surface area contributed by atoms with Crippen molar-refractivity contribution in [1.29, 1.82) is 0 Å². The van der Waals surface area contributed by atoms with Crippen molar-refractivity contribution in [2.45, 2.75) is 119 Å². The minimum Gasteiger partial charge on any atom is -0.478 e. The number of hydrogen-bond donors (Lipinski definition) is 2. The number of carbonyl (C=O) groups is 1. The van der Waals surface area contributed by atoms with Crippen LogP contribution in [-0.4, -0.2) is 38.2 Å². The summed E-state index contributed by atoms with van der Waals surface area (Å²) in [6.07, 6.45) is 17.2. The first-order valence-electron chi connectivity index (χ1n) is 15.9. The van der Waals surface area contributed by atoms with Gasteiger partial charge in [-0.3, -0.25) is 0 Å². The summed E-state index contributed by atoms with van der Waals surface area (Å²) in [5, 5.41) is 13.5. The molecule has 0 bridgehead atoms. The number of benzene rings is 2. The average Bonchev–Trinajstić information content (AvgIpc) is 3.34. The summed E-state index contributed by atoms with van der Waals surface area (Å²) < 4.78 is 78.5. The Morgan fingerprint density at radius 1 is 0.870 bits per heavy atom. The highest BCUT2D eigenvalue weighted by Gasteiger charge is 2.27. The van der Waals surface area contributed by atoms with Gasteiger partial charge in [0.2, 0.25) is 14.6 Å². The second kappa shape index (κ2) is 17.9. The normalized spacial score (nSPS) is 12.8. The number of aryl methyl sites for hydroxylation is 2. The van der Waals surface area contributed by atoms with Gasteiger partial charge in [0, 0.05) is 7.05 Å². The van der Waals surface area contributed by atoms with Gasteiger partial charge in [0.25, 0.3) is 10.0 Å². The largest absolute Gasteiger partial charge is 0.478 e. The molecule has 3 aromatic rings. The quantitative estimate of drug-likeness (QED) is 0.0862. The summed E-state index contributed by atoms with van der Waals surface area (Å²) in [6.45, 7) is 2.23. The molecule has 9 nitrogen and oxygen atoms in total. The highest BCUT2D eigenvalue weighted by molar-refractivity contribution is 7.91. The SMILES string of the molecule is CCCCCCCCCCCCCCCCc1ccc(C(=O)O)cc1S(=O)(=O)N/N=c1\sc2ccc(S(=O)(=O)C(F)F)cc2n1C. The molecular weight excluding hydrogens is 657 g/mol. The predicted molar refractivity (Wildman–Crippen MR) is 177 cm³/mol. The van der Waals surface area contributed by atoms with E-state index in [-0.39, 0.29) is 20.8 Å². The second-order valence-electron chi connectivity index (χ2n) is 11.6. The molecule has 0 atom stereocenters. The first kappa shape index (κ1) is 37.6. The maximum absolute atomic E-state index is 13.4. The molecule has 0 fully saturated rings. The fourth-order valence-electron chi connectivity index (χ4n) is 5.30. The molecule has 2 aromatic carbocycles. The Hall–Kier alpha value is -2.84. The lowest BCUT2D eigenvalue weighted by atomic mass is 10.0. The number of nitrogens with one attached hydrogen (secondary N) is 1. The summed E-state index contributed by atoms with van der Waals surface area (Å²) in [5.74, 6) is -4.84. The van der Waals surface area contributed by atoms with E-state index < -0.39 is 36.5 Å². The molecule has 46 heavy (non-hydrogen) atoms. The highest BCUT2D eigenvalue weighted by atomic mass is 32.2. The summed E-state index contributed by atoms with van der Waals surface area (Å²) in [6, 6.07) is 7.53. The van der Waals surface area contributed by atoms with Crippen LogP contribution >= 0.6 is 11.3 Å². The molecular formula is C32H45F2N3O6S3. The van der Waals surface area contributed by atoms with Gasteiger partial charge in [-0.25, -0.2) is 13.2 Å². The van der Waals surface area contributed by atoms with Crippen molar-refractivity contribution in [2.75, 3.05) is 0 Å². The van der Waals surface area contributed by atoms with Crippen LogP contribution in [0.15, 0.2) is 51.3 Å². The summed E-state index contributed by atoms with van der Waals surface area (Å²) in [7, 11) is -7.61. The Kier molecular flexibility index (Phi) is 14.6. The van der Waals surface area contributed by atoms with Crippen LogP contribution < -0.4 is 9.63 Å². The van der Waals surface area contributed by atoms with Crippen LogP contribution in [0.25, 0.3) is 10.2 Å². The maximum Gasteiger partial charge on any atom is 0.341 e. The van der Waals surface area contributed by atoms with Crippen LogP contribution in [0.1, 0.15) is 113 Å². The molecule has 0 aliphatic carbocycles. The number of rotatable bonds is 21. The maximum atomic E-state index is 13.4. The standard InChI is InChI=1S/C32H45F2N3O6S3/c1-3-4-5-6-7-8-9-10-11-12-13-14-15-16-17-24-18-19-25(30(38)39)22-29(24)46(42,43)36-35-32-37(2)27-23-26(20-21-28(27)44-32)45(40,41)31(33)34/h18-23,31,36H,3-17H2,1-2H3,(H,38,39)/b35-32-. The van der Waals surface area contributed by atoms with E-state index >= 15 is 0 Å². The van der Waals surface area contributed by atoms with E-state index in [0.29, 0.717) is 16.7 Å². The molecule has 0 saturated heterocycles. The Balaban J connectivity index is 1.61. The average molecular weight is 702 g/mol. The number of carboxylic acids is 1. The number of sulfone groups is 1. The number of alkyl halides is 2. The number of halogens is 2. The van der Waals surface area contributed by atoms with Crippen molar-refractivity contribution in [2.24, 2.45) is 12.1 Å². The van der Waals surface area contributed by atoms with Crippen molar-refractivity contribution in [3.05, 3.63) is 52.3 Å². The van der Waals surface area contributed by atoms with Crippen LogP contribution in [0.5, 0.6) is 0 Å². The van der Waals surface area contributed by atoms with Gasteiger partial charge in [-0.15, -0.1) is 5.10 Å². The van der Waals surface area contributed by atoms with Crippen molar-refractivity contribution in [1.82, 2.24) is 9.40 Å². The summed E-state index contributed by atoms with van der Waals surface area (Å²) in [4.78, 5) is 13.2. The first-order valence-corrected chi connectivity index (χ1v) is 19.8. The number of carboxylic acid groups (broad SMARTS) is 1. The highest BCUT2D eigenvalue weighted by Crippen LogP contribution is 2.25. The van der Waals surface area contributed by atoms with E-state index in [1.807, 2.05) is 0 Å². The molecule has 0 aliphatic rings. The number of fused-ring (bicyclic) bond motifs is 1. The van der Waals surface area contributed by atoms with E-state index in [0.717, 1.165) is 55.2 Å². The van der Waals surface area contributed by atoms with E-state index in [4.69, 9.17) is 0 Å². The third kappa shape index (κ3) is 10.6. The lowest BCUT2D eigenvalue weighted by Gasteiger charge is -2.11. The minimum atomic E-state index is -4.82.